The Morgan fingerprint density at radius 2 is 1.77 bits per heavy atom. The van der Waals surface area contributed by atoms with Crippen molar-refractivity contribution in [2.75, 3.05) is 0 Å². The zero-order valence-corrected chi connectivity index (χ0v) is 13.0. The Hall–Kier alpha value is -2.50. The Balaban J connectivity index is 2.50. The summed E-state index contributed by atoms with van der Waals surface area (Å²) in [4.78, 5) is 23.2. The smallest absolute Gasteiger partial charge is 0.322 e. The highest BCUT2D eigenvalue weighted by atomic mass is 16.3. The molecule has 1 aromatic carbocycles. The van der Waals surface area contributed by atoms with Gasteiger partial charge < -0.3 is 4.57 Å². The third-order valence-corrected chi connectivity index (χ3v) is 3.73. The summed E-state index contributed by atoms with van der Waals surface area (Å²) >= 11 is 0. The maximum Gasteiger partial charge on any atom is 0.372 e. The quantitative estimate of drug-likeness (QED) is 0.681. The van der Waals surface area contributed by atoms with Crippen molar-refractivity contribution in [3.63, 3.8) is 0 Å². The lowest BCUT2D eigenvalue weighted by Crippen LogP contribution is -2.20. The maximum absolute atomic E-state index is 12.0. The van der Waals surface area contributed by atoms with Crippen LogP contribution >= 0.6 is 0 Å². The van der Waals surface area contributed by atoms with Crippen LogP contribution in [0, 0.1) is 19.8 Å². The van der Waals surface area contributed by atoms with Gasteiger partial charge in [0.15, 0.2) is 11.5 Å². The maximum atomic E-state index is 12.0. The SMILES string of the molecule is Cc1cc2nc3c([O])nc(=O)nc-3n(CC(C)C)c2cc1C. The standard InChI is InChI=1S/C16H17N4O2/c1-8(2)7-20-12-6-10(4)9(3)5-11(12)17-13-14(20)18-16(22)19-15(13)21/h5-6,8H,7H2,1-4H3. The van der Waals surface area contributed by atoms with E-state index in [0.29, 0.717) is 18.3 Å². The molecule has 0 fully saturated rings. The van der Waals surface area contributed by atoms with Crippen LogP contribution in [0.15, 0.2) is 16.9 Å². The van der Waals surface area contributed by atoms with Crippen molar-refractivity contribution in [2.45, 2.75) is 34.2 Å². The predicted molar refractivity (Wildman–Crippen MR) is 82.7 cm³/mol. The Morgan fingerprint density at radius 3 is 2.45 bits per heavy atom. The van der Waals surface area contributed by atoms with E-state index in [0.717, 1.165) is 22.2 Å². The molecule has 2 heterocycles. The lowest BCUT2D eigenvalue weighted by Gasteiger charge is -2.19. The molecule has 0 saturated carbocycles. The minimum absolute atomic E-state index is 0.149. The number of hydrogen-bond acceptors (Lipinski definition) is 4. The molecule has 6 nitrogen and oxygen atoms in total. The molecule has 0 spiro atoms. The summed E-state index contributed by atoms with van der Waals surface area (Å²) in [7, 11) is 0. The molecular weight excluding hydrogens is 280 g/mol. The van der Waals surface area contributed by atoms with Gasteiger partial charge in [-0.1, -0.05) is 13.8 Å². The Bertz CT molecular complexity index is 899. The Morgan fingerprint density at radius 1 is 1.09 bits per heavy atom. The molecule has 22 heavy (non-hydrogen) atoms. The van der Waals surface area contributed by atoms with E-state index in [-0.39, 0.29) is 5.69 Å². The highest BCUT2D eigenvalue weighted by Crippen LogP contribution is 2.30. The van der Waals surface area contributed by atoms with Crippen molar-refractivity contribution < 1.29 is 5.11 Å². The molecule has 113 valence electrons. The molecule has 2 aliphatic rings. The number of hydrogen-bond donors (Lipinski definition) is 0. The second-order valence-electron chi connectivity index (χ2n) is 6.02. The molecule has 0 atom stereocenters. The number of nitrogens with zero attached hydrogens (tertiary/aromatic N) is 4. The lowest BCUT2D eigenvalue weighted by molar-refractivity contribution is 0.334. The van der Waals surface area contributed by atoms with Crippen LogP contribution in [0.25, 0.3) is 22.6 Å². The summed E-state index contributed by atoms with van der Waals surface area (Å²) in [5, 5.41) is 12.0. The van der Waals surface area contributed by atoms with E-state index >= 15 is 0 Å². The first-order chi connectivity index (χ1) is 10.4. The van der Waals surface area contributed by atoms with E-state index in [2.05, 4.69) is 28.8 Å². The summed E-state index contributed by atoms with van der Waals surface area (Å²) in [5.41, 5.74) is 3.21. The molecule has 0 bridgehead atoms. The number of aromatic nitrogens is 4. The van der Waals surface area contributed by atoms with Gasteiger partial charge in [0.05, 0.1) is 11.0 Å². The van der Waals surface area contributed by atoms with Gasteiger partial charge >= 0.3 is 11.6 Å². The van der Waals surface area contributed by atoms with Gasteiger partial charge in [0.2, 0.25) is 0 Å². The van der Waals surface area contributed by atoms with Gasteiger partial charge in [-0.3, -0.25) is 5.11 Å². The fourth-order valence-corrected chi connectivity index (χ4v) is 2.57. The molecule has 1 aromatic rings. The van der Waals surface area contributed by atoms with Gasteiger partial charge in [-0.05, 0) is 43.0 Å². The third-order valence-electron chi connectivity index (χ3n) is 3.73. The zero-order chi connectivity index (χ0) is 16.0. The molecule has 6 heteroatoms. The fraction of sp³-hybridized carbons (Fsp3) is 0.375. The summed E-state index contributed by atoms with van der Waals surface area (Å²) in [6.45, 7) is 8.82. The molecule has 0 amide bonds. The molecule has 0 unspecified atom stereocenters. The number of benzene rings is 1. The van der Waals surface area contributed by atoms with Crippen LogP contribution < -0.4 is 5.69 Å². The van der Waals surface area contributed by atoms with Crippen molar-refractivity contribution in [1.82, 2.24) is 19.5 Å². The van der Waals surface area contributed by atoms with Crippen molar-refractivity contribution in [1.29, 1.82) is 0 Å². The molecule has 2 aliphatic heterocycles. The summed E-state index contributed by atoms with van der Waals surface area (Å²) in [5.74, 6) is 0.0302. The minimum atomic E-state index is -0.764. The summed E-state index contributed by atoms with van der Waals surface area (Å²) < 4.78 is 1.90. The second kappa shape index (κ2) is 5.05. The van der Waals surface area contributed by atoms with E-state index in [4.69, 9.17) is 0 Å². The van der Waals surface area contributed by atoms with Gasteiger partial charge in [0.25, 0.3) is 0 Å². The topological polar surface area (TPSA) is 80.6 Å². The molecule has 3 rings (SSSR count). The average molecular weight is 297 g/mol. The first kappa shape index (κ1) is 14.4. The highest BCUT2D eigenvalue weighted by molar-refractivity contribution is 5.82. The van der Waals surface area contributed by atoms with Crippen LogP contribution in [-0.4, -0.2) is 19.5 Å². The molecule has 1 radical (unpaired) electrons. The van der Waals surface area contributed by atoms with Gasteiger partial charge in [-0.2, -0.15) is 4.98 Å². The minimum Gasteiger partial charge on any atom is -0.322 e. The van der Waals surface area contributed by atoms with Gasteiger partial charge in [0.1, 0.15) is 0 Å². The number of aryl methyl sites for hydroxylation is 2. The molecule has 0 aliphatic carbocycles. The second-order valence-corrected chi connectivity index (χ2v) is 6.02. The van der Waals surface area contributed by atoms with Crippen LogP contribution in [0.2, 0.25) is 0 Å². The van der Waals surface area contributed by atoms with Crippen LogP contribution in [0.3, 0.4) is 0 Å². The normalized spacial score (nSPS) is 11.7. The molecule has 0 aromatic heterocycles. The lowest BCUT2D eigenvalue weighted by atomic mass is 10.1. The van der Waals surface area contributed by atoms with Crippen LogP contribution in [0.1, 0.15) is 25.0 Å². The van der Waals surface area contributed by atoms with Crippen LogP contribution in [0.5, 0.6) is 5.88 Å². The highest BCUT2D eigenvalue weighted by Gasteiger charge is 2.22. The summed E-state index contributed by atoms with van der Waals surface area (Å²) in [6.07, 6.45) is 0. The van der Waals surface area contributed by atoms with Crippen molar-refractivity contribution in [3.05, 3.63) is 33.7 Å². The van der Waals surface area contributed by atoms with E-state index < -0.39 is 11.6 Å². The number of fused-ring (bicyclic) bond motifs is 2. The van der Waals surface area contributed by atoms with Gasteiger partial charge in [0, 0.05) is 6.54 Å². The summed E-state index contributed by atoms with van der Waals surface area (Å²) in [6, 6.07) is 3.97. The monoisotopic (exact) mass is 297 g/mol. The predicted octanol–water partition coefficient (Wildman–Crippen LogP) is 2.71. The third kappa shape index (κ3) is 2.30. The first-order valence-electron chi connectivity index (χ1n) is 7.23. The van der Waals surface area contributed by atoms with E-state index in [1.54, 1.807) is 0 Å². The zero-order valence-electron chi connectivity index (χ0n) is 13.0. The molecule has 0 N–H and O–H groups in total. The fourth-order valence-electron chi connectivity index (χ4n) is 2.57. The molecular formula is C16H17N4O2. The van der Waals surface area contributed by atoms with E-state index in [1.807, 2.05) is 30.5 Å². The largest absolute Gasteiger partial charge is 0.372 e. The number of rotatable bonds is 2. The van der Waals surface area contributed by atoms with Crippen LogP contribution in [-0.2, 0) is 11.7 Å². The first-order valence-corrected chi connectivity index (χ1v) is 7.23. The van der Waals surface area contributed by atoms with E-state index in [9.17, 15) is 9.90 Å². The van der Waals surface area contributed by atoms with Gasteiger partial charge in [-0.25, -0.2) is 9.78 Å². The van der Waals surface area contributed by atoms with Crippen molar-refractivity contribution in [2.24, 2.45) is 5.92 Å². The van der Waals surface area contributed by atoms with Crippen molar-refractivity contribution in [3.8, 4) is 17.4 Å². The Kier molecular flexibility index (Phi) is 3.31. The van der Waals surface area contributed by atoms with E-state index in [1.165, 1.54) is 0 Å². The molecule has 0 saturated heterocycles. The Labute approximate surface area is 127 Å². The van der Waals surface area contributed by atoms with Crippen molar-refractivity contribution >= 4 is 11.0 Å². The average Bonchev–Trinajstić information content (AvgIpc) is 2.41. The van der Waals surface area contributed by atoms with Gasteiger partial charge in [-0.15, -0.1) is 4.98 Å². The van der Waals surface area contributed by atoms with Crippen LogP contribution in [0.4, 0.5) is 0 Å².